The highest BCUT2D eigenvalue weighted by Crippen LogP contribution is 2.33. The van der Waals surface area contributed by atoms with Gasteiger partial charge in [0, 0.05) is 0 Å². The van der Waals surface area contributed by atoms with E-state index >= 15 is 0 Å². The second-order valence-corrected chi connectivity index (χ2v) is 5.42. The Morgan fingerprint density at radius 1 is 1.00 bits per heavy atom. The lowest BCUT2D eigenvalue weighted by Gasteiger charge is -2.14. The molecule has 1 aliphatic rings. The molecule has 0 bridgehead atoms. The molecule has 3 rings (SSSR count). The number of carbonyl (C=O) groups is 2. The molecule has 2 aromatic carbocycles. The first-order valence-electron chi connectivity index (χ1n) is 7.43. The third kappa shape index (κ3) is 2.26. The Labute approximate surface area is 129 Å². The zero-order valence-electron chi connectivity index (χ0n) is 12.4. The molecule has 2 amide bonds. The van der Waals surface area contributed by atoms with Gasteiger partial charge < -0.3 is 5.11 Å². The van der Waals surface area contributed by atoms with E-state index < -0.39 is 11.8 Å². The maximum absolute atomic E-state index is 12.4. The van der Waals surface area contributed by atoms with Gasteiger partial charge in [0.15, 0.2) is 0 Å². The Bertz CT molecular complexity index is 734. The molecule has 0 saturated heterocycles. The molecule has 4 nitrogen and oxygen atoms in total. The van der Waals surface area contributed by atoms with Gasteiger partial charge in [-0.15, -0.1) is 0 Å². The van der Waals surface area contributed by atoms with Crippen LogP contribution >= 0.6 is 0 Å². The molecule has 1 aliphatic heterocycles. The summed E-state index contributed by atoms with van der Waals surface area (Å²) in [5.41, 5.74) is 2.05. The minimum absolute atomic E-state index is 0.0857. The Kier molecular flexibility index (Phi) is 3.67. The molecule has 1 N–H and O–H groups in total. The SMILES string of the molecule is CCCCc1ccc(N2C(=O)c3cccc(O)c3C2=O)cc1. The van der Waals surface area contributed by atoms with Gasteiger partial charge in [-0.05, 0) is 42.7 Å². The van der Waals surface area contributed by atoms with Crippen molar-refractivity contribution in [1.82, 2.24) is 0 Å². The first-order chi connectivity index (χ1) is 10.6. The van der Waals surface area contributed by atoms with Crippen LogP contribution in [0.4, 0.5) is 5.69 Å². The van der Waals surface area contributed by atoms with Gasteiger partial charge in [-0.2, -0.15) is 0 Å². The van der Waals surface area contributed by atoms with Crippen molar-refractivity contribution < 1.29 is 14.7 Å². The summed E-state index contributed by atoms with van der Waals surface area (Å²) in [4.78, 5) is 26.0. The number of phenolic OH excluding ortho intramolecular Hbond substituents is 1. The maximum Gasteiger partial charge on any atom is 0.269 e. The molecule has 0 atom stereocenters. The lowest BCUT2D eigenvalue weighted by Crippen LogP contribution is -2.29. The van der Waals surface area contributed by atoms with Crippen molar-refractivity contribution in [2.24, 2.45) is 0 Å². The number of imide groups is 1. The van der Waals surface area contributed by atoms with E-state index in [0.29, 0.717) is 5.69 Å². The molecule has 0 unspecified atom stereocenters. The fourth-order valence-corrected chi connectivity index (χ4v) is 2.69. The van der Waals surface area contributed by atoms with E-state index in [1.165, 1.54) is 11.6 Å². The van der Waals surface area contributed by atoms with Gasteiger partial charge in [0.2, 0.25) is 0 Å². The van der Waals surface area contributed by atoms with Crippen LogP contribution in [-0.4, -0.2) is 16.9 Å². The normalized spacial score (nSPS) is 13.6. The predicted octanol–water partition coefficient (Wildman–Crippen LogP) is 3.54. The van der Waals surface area contributed by atoms with Gasteiger partial charge in [0.25, 0.3) is 11.8 Å². The molecular formula is C18H17NO3. The van der Waals surface area contributed by atoms with Gasteiger partial charge in [-0.3, -0.25) is 9.59 Å². The smallest absolute Gasteiger partial charge is 0.269 e. The fourth-order valence-electron chi connectivity index (χ4n) is 2.69. The van der Waals surface area contributed by atoms with Crippen molar-refractivity contribution in [3.05, 3.63) is 59.2 Å². The number of benzene rings is 2. The third-order valence-corrected chi connectivity index (χ3v) is 3.91. The van der Waals surface area contributed by atoms with E-state index in [2.05, 4.69) is 6.92 Å². The summed E-state index contributed by atoms with van der Waals surface area (Å²) < 4.78 is 0. The number of unbranched alkanes of at least 4 members (excludes halogenated alkanes) is 1. The standard InChI is InChI=1S/C18H17NO3/c1-2-3-5-12-8-10-13(11-9-12)19-17(21)14-6-4-7-15(20)16(14)18(19)22/h4,6-11,20H,2-3,5H2,1H3. The minimum Gasteiger partial charge on any atom is -0.507 e. The number of phenols is 1. The molecule has 2 aromatic rings. The quantitative estimate of drug-likeness (QED) is 0.878. The number of rotatable bonds is 4. The summed E-state index contributed by atoms with van der Waals surface area (Å²) in [5, 5.41) is 9.83. The zero-order chi connectivity index (χ0) is 15.7. The fraction of sp³-hybridized carbons (Fsp3) is 0.222. The van der Waals surface area contributed by atoms with Gasteiger partial charge in [-0.1, -0.05) is 31.5 Å². The molecular weight excluding hydrogens is 278 g/mol. The van der Waals surface area contributed by atoms with Crippen molar-refractivity contribution in [3.8, 4) is 5.75 Å². The Balaban J connectivity index is 1.92. The summed E-state index contributed by atoms with van der Waals surface area (Å²) in [7, 11) is 0. The number of carbonyl (C=O) groups excluding carboxylic acids is 2. The number of hydrogen-bond donors (Lipinski definition) is 1. The van der Waals surface area contributed by atoms with E-state index in [1.54, 1.807) is 24.3 Å². The Morgan fingerprint density at radius 3 is 2.36 bits per heavy atom. The van der Waals surface area contributed by atoms with Gasteiger partial charge >= 0.3 is 0 Å². The maximum atomic E-state index is 12.4. The minimum atomic E-state index is -0.473. The molecule has 0 fully saturated rings. The third-order valence-electron chi connectivity index (χ3n) is 3.91. The molecule has 0 aliphatic carbocycles. The predicted molar refractivity (Wildman–Crippen MR) is 84.3 cm³/mol. The second kappa shape index (κ2) is 5.64. The van der Waals surface area contributed by atoms with Gasteiger partial charge in [0.1, 0.15) is 5.75 Å². The van der Waals surface area contributed by atoms with E-state index in [0.717, 1.165) is 24.2 Å². The lowest BCUT2D eigenvalue weighted by molar-refractivity contribution is 0.0925. The molecule has 22 heavy (non-hydrogen) atoms. The molecule has 0 saturated carbocycles. The first kappa shape index (κ1) is 14.3. The number of aryl methyl sites for hydroxylation is 1. The monoisotopic (exact) mass is 295 g/mol. The van der Waals surface area contributed by atoms with Crippen LogP contribution in [0.15, 0.2) is 42.5 Å². The van der Waals surface area contributed by atoms with Gasteiger partial charge in [-0.25, -0.2) is 4.90 Å². The van der Waals surface area contributed by atoms with Crippen LogP contribution in [0.5, 0.6) is 5.75 Å². The Morgan fingerprint density at radius 2 is 1.73 bits per heavy atom. The van der Waals surface area contributed by atoms with E-state index in [9.17, 15) is 14.7 Å². The van der Waals surface area contributed by atoms with Crippen molar-refractivity contribution in [2.75, 3.05) is 4.90 Å². The summed E-state index contributed by atoms with van der Waals surface area (Å²) in [5.74, 6) is -1.02. The van der Waals surface area contributed by atoms with Crippen molar-refractivity contribution in [3.63, 3.8) is 0 Å². The second-order valence-electron chi connectivity index (χ2n) is 5.42. The number of fused-ring (bicyclic) bond motifs is 1. The van der Waals surface area contributed by atoms with Crippen LogP contribution < -0.4 is 4.90 Å². The van der Waals surface area contributed by atoms with Crippen molar-refractivity contribution in [1.29, 1.82) is 0 Å². The van der Waals surface area contributed by atoms with Crippen molar-refractivity contribution in [2.45, 2.75) is 26.2 Å². The molecule has 0 spiro atoms. The van der Waals surface area contributed by atoms with Crippen molar-refractivity contribution >= 4 is 17.5 Å². The molecule has 4 heteroatoms. The highest BCUT2D eigenvalue weighted by Gasteiger charge is 2.38. The average molecular weight is 295 g/mol. The number of anilines is 1. The summed E-state index contributed by atoms with van der Waals surface area (Å²) >= 11 is 0. The van der Waals surface area contributed by atoms with Crippen LogP contribution in [0.25, 0.3) is 0 Å². The molecule has 0 aromatic heterocycles. The van der Waals surface area contributed by atoms with Gasteiger partial charge in [0.05, 0.1) is 16.8 Å². The Hall–Kier alpha value is -2.62. The number of nitrogens with zero attached hydrogens (tertiary/aromatic N) is 1. The van der Waals surface area contributed by atoms with Crippen LogP contribution in [-0.2, 0) is 6.42 Å². The van der Waals surface area contributed by atoms with Crippen LogP contribution in [0.2, 0.25) is 0 Å². The summed E-state index contributed by atoms with van der Waals surface area (Å²) in [6.07, 6.45) is 3.22. The number of hydrogen-bond acceptors (Lipinski definition) is 3. The highest BCUT2D eigenvalue weighted by molar-refractivity contribution is 6.35. The zero-order valence-corrected chi connectivity index (χ0v) is 12.4. The topological polar surface area (TPSA) is 57.6 Å². The number of aromatic hydroxyl groups is 1. The lowest BCUT2D eigenvalue weighted by atomic mass is 10.1. The molecule has 1 heterocycles. The molecule has 0 radical (unpaired) electrons. The summed E-state index contributed by atoms with van der Waals surface area (Å²) in [6.45, 7) is 2.14. The van der Waals surface area contributed by atoms with E-state index in [1.807, 2.05) is 12.1 Å². The molecule has 112 valence electrons. The van der Waals surface area contributed by atoms with E-state index in [4.69, 9.17) is 0 Å². The van der Waals surface area contributed by atoms with Crippen LogP contribution in [0.1, 0.15) is 46.0 Å². The highest BCUT2D eigenvalue weighted by atomic mass is 16.3. The van der Waals surface area contributed by atoms with E-state index in [-0.39, 0.29) is 16.9 Å². The number of amides is 2. The first-order valence-corrected chi connectivity index (χ1v) is 7.43. The van der Waals surface area contributed by atoms with Crippen LogP contribution in [0.3, 0.4) is 0 Å². The largest absolute Gasteiger partial charge is 0.507 e. The van der Waals surface area contributed by atoms with Crippen LogP contribution in [0, 0.1) is 0 Å². The summed E-state index contributed by atoms with van der Waals surface area (Å²) in [6, 6.07) is 12.0. The average Bonchev–Trinajstić information content (AvgIpc) is 2.78.